The first kappa shape index (κ1) is 19.4. The molecule has 128 valence electrons. The Hall–Kier alpha value is -1.62. The molecule has 0 amide bonds. The van der Waals surface area contributed by atoms with Crippen LogP contribution < -0.4 is 4.74 Å². The molecule has 1 atom stereocenters. The zero-order valence-corrected chi connectivity index (χ0v) is 13.4. The highest BCUT2D eigenvalue weighted by Crippen LogP contribution is 2.27. The Morgan fingerprint density at radius 1 is 1.26 bits per heavy atom. The number of nitrogens with zero attached hydrogens (tertiary/aromatic N) is 1. The van der Waals surface area contributed by atoms with Crippen LogP contribution in [0.15, 0.2) is 17.0 Å². The van der Waals surface area contributed by atoms with E-state index in [0.29, 0.717) is 6.42 Å². The summed E-state index contributed by atoms with van der Waals surface area (Å²) in [5.74, 6) is -2.74. The van der Waals surface area contributed by atoms with Crippen molar-refractivity contribution in [2.45, 2.75) is 43.7 Å². The van der Waals surface area contributed by atoms with Crippen LogP contribution in [0.5, 0.6) is 5.75 Å². The zero-order valence-electron chi connectivity index (χ0n) is 12.6. The number of alkyl halides is 3. The van der Waals surface area contributed by atoms with Crippen LogP contribution >= 0.6 is 0 Å². The summed E-state index contributed by atoms with van der Waals surface area (Å²) in [7, 11) is -2.49. The Labute approximate surface area is 134 Å². The molecule has 23 heavy (non-hydrogen) atoms. The normalized spacial score (nSPS) is 12.7. The number of benzene rings is 1. The lowest BCUT2D eigenvalue weighted by Gasteiger charge is -2.12. The molecule has 0 N–H and O–H groups in total. The number of halogens is 4. The van der Waals surface area contributed by atoms with Crippen LogP contribution in [0, 0.1) is 17.1 Å². The molecule has 1 aromatic rings. The molecule has 0 aromatic heterocycles. The summed E-state index contributed by atoms with van der Waals surface area (Å²) in [5.41, 5.74) is -0.386. The van der Waals surface area contributed by atoms with Gasteiger partial charge in [0.2, 0.25) is 0 Å². The zero-order chi connectivity index (χ0) is 17.5. The first-order chi connectivity index (χ1) is 10.8. The third-order valence-electron chi connectivity index (χ3n) is 2.95. The molecule has 1 rings (SSSR count). The van der Waals surface area contributed by atoms with Gasteiger partial charge in [0.05, 0.1) is 27.9 Å². The second-order valence-electron chi connectivity index (χ2n) is 4.90. The van der Waals surface area contributed by atoms with Crippen molar-refractivity contribution < 1.29 is 26.5 Å². The fourth-order valence-electron chi connectivity index (χ4n) is 1.86. The maximum absolute atomic E-state index is 13.8. The molecule has 0 heterocycles. The van der Waals surface area contributed by atoms with Gasteiger partial charge in [0.25, 0.3) is 0 Å². The molecule has 0 saturated carbocycles. The van der Waals surface area contributed by atoms with Crippen molar-refractivity contribution in [1.82, 2.24) is 0 Å². The summed E-state index contributed by atoms with van der Waals surface area (Å²) in [6.07, 6.45) is -1.06. The molecule has 0 aliphatic rings. The molecule has 0 radical (unpaired) electrons. The minimum atomic E-state index is -4.65. The topological polar surface area (TPSA) is 50.1 Å². The Morgan fingerprint density at radius 2 is 1.96 bits per heavy atom. The van der Waals surface area contributed by atoms with Crippen LogP contribution in [0.2, 0.25) is 0 Å². The van der Waals surface area contributed by atoms with Crippen LogP contribution in [0.1, 0.15) is 38.2 Å². The van der Waals surface area contributed by atoms with Gasteiger partial charge in [-0.1, -0.05) is 26.2 Å². The minimum absolute atomic E-state index is 0.203. The summed E-state index contributed by atoms with van der Waals surface area (Å²) in [5, 5.41) is 8.88. The third-order valence-corrected chi connectivity index (χ3v) is 4.37. The summed E-state index contributed by atoms with van der Waals surface area (Å²) in [4.78, 5) is -0.366. The maximum Gasteiger partial charge on any atom is 0.400 e. The molecule has 1 unspecified atom stereocenters. The van der Waals surface area contributed by atoms with Crippen molar-refractivity contribution in [2.24, 2.45) is 0 Å². The Morgan fingerprint density at radius 3 is 2.52 bits per heavy atom. The molecule has 0 fully saturated rings. The standard InChI is InChI=1S/C15H17F4NO2S/c1-2-3-4-5-6-22-13-8-14(11(9-20)7-12(13)16)23(21)10-15(17,18)19/h7-8H,2-6,10H2,1H3. The van der Waals surface area contributed by atoms with Gasteiger partial charge in [0, 0.05) is 6.07 Å². The molecule has 0 bridgehead atoms. The number of nitriles is 1. The lowest BCUT2D eigenvalue weighted by atomic mass is 10.2. The van der Waals surface area contributed by atoms with Gasteiger partial charge in [-0.05, 0) is 12.5 Å². The van der Waals surface area contributed by atoms with Gasteiger partial charge in [-0.25, -0.2) is 4.39 Å². The van der Waals surface area contributed by atoms with E-state index in [2.05, 4.69) is 0 Å². The predicted octanol–water partition coefficient (Wildman–Crippen LogP) is 4.33. The van der Waals surface area contributed by atoms with E-state index >= 15 is 0 Å². The monoisotopic (exact) mass is 351 g/mol. The third kappa shape index (κ3) is 6.57. The summed E-state index contributed by atoms with van der Waals surface area (Å²) >= 11 is 0. The largest absolute Gasteiger partial charge is 0.490 e. The Bertz CT molecular complexity index is 596. The Kier molecular flexibility index (Phi) is 7.49. The van der Waals surface area contributed by atoms with Crippen molar-refractivity contribution in [1.29, 1.82) is 5.26 Å². The first-order valence-electron chi connectivity index (χ1n) is 7.10. The van der Waals surface area contributed by atoms with Crippen molar-refractivity contribution in [3.63, 3.8) is 0 Å². The average molecular weight is 351 g/mol. The lowest BCUT2D eigenvalue weighted by Crippen LogP contribution is -2.19. The van der Waals surface area contributed by atoms with Gasteiger partial charge in [-0.15, -0.1) is 0 Å². The van der Waals surface area contributed by atoms with E-state index in [-0.39, 0.29) is 22.8 Å². The van der Waals surface area contributed by atoms with Crippen molar-refractivity contribution in [3.05, 3.63) is 23.5 Å². The predicted molar refractivity (Wildman–Crippen MR) is 78.1 cm³/mol. The van der Waals surface area contributed by atoms with Gasteiger partial charge < -0.3 is 4.74 Å². The second-order valence-corrected chi connectivity index (χ2v) is 6.32. The fourth-order valence-corrected chi connectivity index (χ4v) is 2.90. The van der Waals surface area contributed by atoms with Crippen molar-refractivity contribution in [2.75, 3.05) is 12.4 Å². The van der Waals surface area contributed by atoms with Crippen molar-refractivity contribution in [3.8, 4) is 11.8 Å². The molecule has 3 nitrogen and oxygen atoms in total. The van der Waals surface area contributed by atoms with E-state index in [1.807, 2.05) is 6.92 Å². The summed E-state index contributed by atoms with van der Waals surface area (Å²) in [6.45, 7) is 2.23. The molecular formula is C15H17F4NO2S. The van der Waals surface area contributed by atoms with E-state index in [9.17, 15) is 21.8 Å². The van der Waals surface area contributed by atoms with E-state index in [0.717, 1.165) is 31.4 Å². The molecule has 0 aliphatic carbocycles. The molecule has 0 saturated heterocycles. The lowest BCUT2D eigenvalue weighted by molar-refractivity contribution is -0.105. The van der Waals surface area contributed by atoms with Gasteiger partial charge in [0.1, 0.15) is 11.8 Å². The maximum atomic E-state index is 13.8. The van der Waals surface area contributed by atoms with Crippen LogP contribution in [-0.2, 0) is 10.8 Å². The van der Waals surface area contributed by atoms with E-state index < -0.39 is 28.5 Å². The van der Waals surface area contributed by atoms with Crippen LogP contribution in [0.4, 0.5) is 17.6 Å². The summed E-state index contributed by atoms with van der Waals surface area (Å²) < 4.78 is 67.8. The number of rotatable bonds is 8. The van der Waals surface area contributed by atoms with Crippen molar-refractivity contribution >= 4 is 10.8 Å². The van der Waals surface area contributed by atoms with E-state index in [1.165, 1.54) is 0 Å². The number of unbranched alkanes of at least 4 members (excludes halogenated alkanes) is 3. The smallest absolute Gasteiger partial charge is 0.400 e. The van der Waals surface area contributed by atoms with Gasteiger partial charge in [-0.2, -0.15) is 18.4 Å². The van der Waals surface area contributed by atoms with E-state index in [4.69, 9.17) is 10.00 Å². The molecule has 0 spiro atoms. The van der Waals surface area contributed by atoms with Crippen LogP contribution in [-0.4, -0.2) is 22.7 Å². The number of ether oxygens (including phenoxy) is 1. The highest BCUT2D eigenvalue weighted by atomic mass is 32.2. The van der Waals surface area contributed by atoms with E-state index in [1.54, 1.807) is 6.07 Å². The number of hydrogen-bond donors (Lipinski definition) is 0. The van der Waals surface area contributed by atoms with Gasteiger partial charge in [-0.3, -0.25) is 4.21 Å². The number of hydrogen-bond acceptors (Lipinski definition) is 3. The van der Waals surface area contributed by atoms with Gasteiger partial charge in [0.15, 0.2) is 11.6 Å². The highest BCUT2D eigenvalue weighted by molar-refractivity contribution is 7.85. The molecule has 8 heteroatoms. The van der Waals surface area contributed by atoms with Gasteiger partial charge >= 0.3 is 6.18 Å². The second kappa shape index (κ2) is 8.87. The first-order valence-corrected chi connectivity index (χ1v) is 8.42. The molecule has 0 aliphatic heterocycles. The Balaban J connectivity index is 2.91. The average Bonchev–Trinajstić information content (AvgIpc) is 2.46. The fraction of sp³-hybridized carbons (Fsp3) is 0.533. The minimum Gasteiger partial charge on any atom is -0.490 e. The van der Waals surface area contributed by atoms with Crippen LogP contribution in [0.3, 0.4) is 0 Å². The molecular weight excluding hydrogens is 334 g/mol. The van der Waals surface area contributed by atoms with Crippen LogP contribution in [0.25, 0.3) is 0 Å². The SMILES string of the molecule is CCCCCCOc1cc(S(=O)CC(F)(F)F)c(C#N)cc1F. The molecule has 1 aromatic carbocycles. The summed E-state index contributed by atoms with van der Waals surface area (Å²) in [6, 6.07) is 3.24. The quantitative estimate of drug-likeness (QED) is 0.517. The highest BCUT2D eigenvalue weighted by Gasteiger charge is 2.32.